The number of methoxy groups -OCH3 is 1. The maximum atomic E-state index is 6.17. The molecule has 3 heteroatoms. The lowest BCUT2D eigenvalue weighted by Crippen LogP contribution is -2.44. The molecule has 106 valence electrons. The summed E-state index contributed by atoms with van der Waals surface area (Å²) >= 11 is 0. The van der Waals surface area contributed by atoms with Gasteiger partial charge in [0, 0.05) is 13.0 Å². The van der Waals surface area contributed by atoms with Gasteiger partial charge in [-0.2, -0.15) is 0 Å². The van der Waals surface area contributed by atoms with Crippen molar-refractivity contribution in [2.45, 2.75) is 51.8 Å². The van der Waals surface area contributed by atoms with Crippen molar-refractivity contribution in [3.8, 4) is 0 Å². The topological polar surface area (TPSA) is 27.7 Å². The summed E-state index contributed by atoms with van der Waals surface area (Å²) < 4.78 is 17.6. The van der Waals surface area contributed by atoms with Gasteiger partial charge in [-0.3, -0.25) is 0 Å². The molecule has 2 rings (SSSR count). The Hall–Kier alpha value is -0.900. The first-order chi connectivity index (χ1) is 9.11. The third kappa shape index (κ3) is 2.83. The van der Waals surface area contributed by atoms with Crippen LogP contribution in [0.25, 0.3) is 0 Å². The first-order valence-corrected chi connectivity index (χ1v) is 6.98. The van der Waals surface area contributed by atoms with E-state index >= 15 is 0 Å². The fourth-order valence-electron chi connectivity index (χ4n) is 2.75. The van der Waals surface area contributed by atoms with Crippen molar-refractivity contribution in [2.75, 3.05) is 7.11 Å². The van der Waals surface area contributed by atoms with Crippen molar-refractivity contribution in [2.24, 2.45) is 5.92 Å². The van der Waals surface area contributed by atoms with Gasteiger partial charge in [-0.15, -0.1) is 0 Å². The fourth-order valence-corrected chi connectivity index (χ4v) is 2.75. The maximum absolute atomic E-state index is 6.17. The number of ether oxygens (including phenoxy) is 3. The zero-order valence-corrected chi connectivity index (χ0v) is 12.3. The van der Waals surface area contributed by atoms with Crippen molar-refractivity contribution < 1.29 is 14.2 Å². The summed E-state index contributed by atoms with van der Waals surface area (Å²) in [7, 11) is 1.68. The molecule has 0 aliphatic carbocycles. The van der Waals surface area contributed by atoms with Crippen molar-refractivity contribution in [1.29, 1.82) is 0 Å². The summed E-state index contributed by atoms with van der Waals surface area (Å²) in [6.45, 7) is 6.99. The molecule has 0 radical (unpaired) electrons. The van der Waals surface area contributed by atoms with Crippen LogP contribution in [0.1, 0.15) is 32.8 Å². The Kier molecular flexibility index (Phi) is 4.61. The summed E-state index contributed by atoms with van der Waals surface area (Å²) in [4.78, 5) is 0. The van der Waals surface area contributed by atoms with Gasteiger partial charge in [-0.05, 0) is 18.9 Å². The van der Waals surface area contributed by atoms with Crippen LogP contribution in [0.3, 0.4) is 0 Å². The molecule has 0 unspecified atom stereocenters. The van der Waals surface area contributed by atoms with Crippen molar-refractivity contribution in [1.82, 2.24) is 0 Å². The van der Waals surface area contributed by atoms with Crippen LogP contribution < -0.4 is 0 Å². The Morgan fingerprint density at radius 3 is 2.53 bits per heavy atom. The predicted octanol–water partition coefficient (Wildman–Crippen LogP) is 3.38. The summed E-state index contributed by atoms with van der Waals surface area (Å²) in [5.74, 6) is 0.311. The van der Waals surface area contributed by atoms with E-state index < -0.39 is 5.60 Å². The van der Waals surface area contributed by atoms with Crippen LogP contribution in [0.4, 0.5) is 0 Å². The molecule has 3 nitrogen and oxygen atoms in total. The van der Waals surface area contributed by atoms with Crippen LogP contribution in [0.2, 0.25) is 0 Å². The lowest BCUT2D eigenvalue weighted by molar-refractivity contribution is -0.205. The second-order valence-electron chi connectivity index (χ2n) is 5.40. The predicted molar refractivity (Wildman–Crippen MR) is 74.8 cm³/mol. The molecule has 1 aromatic carbocycles. The van der Waals surface area contributed by atoms with Crippen LogP contribution in [-0.2, 0) is 20.8 Å². The zero-order valence-electron chi connectivity index (χ0n) is 12.3. The number of rotatable bonds is 5. The highest BCUT2D eigenvalue weighted by molar-refractivity contribution is 5.13. The number of hydrogen-bond acceptors (Lipinski definition) is 3. The van der Waals surface area contributed by atoms with E-state index in [0.29, 0.717) is 12.5 Å². The van der Waals surface area contributed by atoms with Crippen molar-refractivity contribution >= 4 is 0 Å². The van der Waals surface area contributed by atoms with Crippen molar-refractivity contribution in [3.05, 3.63) is 35.9 Å². The van der Waals surface area contributed by atoms with Gasteiger partial charge < -0.3 is 14.2 Å². The van der Waals surface area contributed by atoms with Gasteiger partial charge in [0.2, 0.25) is 0 Å². The molecule has 1 aromatic rings. The molecule has 19 heavy (non-hydrogen) atoms. The molecule has 1 aliphatic rings. The average Bonchev–Trinajstić information content (AvgIpc) is 2.70. The molecule has 0 bridgehead atoms. The lowest BCUT2D eigenvalue weighted by atomic mass is 9.87. The molecule has 0 aromatic heterocycles. The van der Waals surface area contributed by atoms with E-state index in [9.17, 15) is 0 Å². The minimum atomic E-state index is -0.398. The monoisotopic (exact) mass is 264 g/mol. The quantitative estimate of drug-likeness (QED) is 0.816. The number of benzene rings is 1. The normalized spacial score (nSPS) is 34.6. The third-order valence-corrected chi connectivity index (χ3v) is 4.24. The van der Waals surface area contributed by atoms with Gasteiger partial charge >= 0.3 is 0 Å². The summed E-state index contributed by atoms with van der Waals surface area (Å²) in [6, 6.07) is 10.2. The van der Waals surface area contributed by atoms with Gasteiger partial charge in [0.15, 0.2) is 6.29 Å². The molecular weight excluding hydrogens is 240 g/mol. The Morgan fingerprint density at radius 2 is 1.95 bits per heavy atom. The summed E-state index contributed by atoms with van der Waals surface area (Å²) in [5, 5.41) is 0. The lowest BCUT2D eigenvalue weighted by Gasteiger charge is -2.33. The standard InChI is InChI=1S/C16H24O3/c1-5-14-12(2)16(3,15(17-4)19-14)18-11-13-9-7-6-8-10-13/h6-10,12,14-15H,5,11H2,1-4H3/t12-,14-,15+,16-/m1/s1. The smallest absolute Gasteiger partial charge is 0.186 e. The third-order valence-electron chi connectivity index (χ3n) is 4.24. The molecule has 1 heterocycles. The first-order valence-electron chi connectivity index (χ1n) is 6.98. The van der Waals surface area contributed by atoms with Gasteiger partial charge in [0.1, 0.15) is 5.60 Å². The summed E-state index contributed by atoms with van der Waals surface area (Å²) in [5.41, 5.74) is 0.774. The highest BCUT2D eigenvalue weighted by Gasteiger charge is 2.52. The van der Waals surface area contributed by atoms with Crippen LogP contribution >= 0.6 is 0 Å². The largest absolute Gasteiger partial charge is 0.365 e. The van der Waals surface area contributed by atoms with Gasteiger partial charge in [-0.1, -0.05) is 44.2 Å². The van der Waals surface area contributed by atoms with E-state index in [-0.39, 0.29) is 12.4 Å². The van der Waals surface area contributed by atoms with Gasteiger partial charge in [0.05, 0.1) is 12.7 Å². The minimum Gasteiger partial charge on any atom is -0.365 e. The highest BCUT2D eigenvalue weighted by Crippen LogP contribution is 2.41. The summed E-state index contributed by atoms with van der Waals surface area (Å²) in [6.07, 6.45) is 0.882. The number of hydrogen-bond donors (Lipinski definition) is 0. The van der Waals surface area contributed by atoms with Crippen LogP contribution in [-0.4, -0.2) is 25.1 Å². The molecule has 0 amide bonds. The average molecular weight is 264 g/mol. The van der Waals surface area contributed by atoms with E-state index in [1.54, 1.807) is 7.11 Å². The molecule has 0 N–H and O–H groups in total. The van der Waals surface area contributed by atoms with E-state index in [4.69, 9.17) is 14.2 Å². The van der Waals surface area contributed by atoms with Gasteiger partial charge in [0.25, 0.3) is 0 Å². The molecule has 0 spiro atoms. The molecule has 1 aliphatic heterocycles. The minimum absolute atomic E-state index is 0.200. The van der Waals surface area contributed by atoms with E-state index in [0.717, 1.165) is 6.42 Å². The zero-order chi connectivity index (χ0) is 13.9. The van der Waals surface area contributed by atoms with Crippen LogP contribution in [0.5, 0.6) is 0 Å². The molecule has 1 fully saturated rings. The van der Waals surface area contributed by atoms with Crippen LogP contribution in [0, 0.1) is 5.92 Å². The van der Waals surface area contributed by atoms with Gasteiger partial charge in [-0.25, -0.2) is 0 Å². The Balaban J connectivity index is 2.07. The maximum Gasteiger partial charge on any atom is 0.186 e. The Labute approximate surface area is 115 Å². The second kappa shape index (κ2) is 6.04. The Bertz CT molecular complexity index is 388. The van der Waals surface area contributed by atoms with E-state index in [1.165, 1.54) is 5.56 Å². The van der Waals surface area contributed by atoms with E-state index in [1.807, 2.05) is 18.2 Å². The fraction of sp³-hybridized carbons (Fsp3) is 0.625. The highest BCUT2D eigenvalue weighted by atomic mass is 16.7. The first kappa shape index (κ1) is 14.5. The van der Waals surface area contributed by atoms with Crippen molar-refractivity contribution in [3.63, 3.8) is 0 Å². The Morgan fingerprint density at radius 1 is 1.26 bits per heavy atom. The van der Waals surface area contributed by atoms with Crippen LogP contribution in [0.15, 0.2) is 30.3 Å². The second-order valence-corrected chi connectivity index (χ2v) is 5.40. The molecule has 1 saturated heterocycles. The SMILES string of the molecule is CC[C@H]1O[C@H](OC)[C@](C)(OCc2ccccc2)[C@@H]1C. The van der Waals surface area contributed by atoms with E-state index in [2.05, 4.69) is 32.9 Å². The molecule has 0 saturated carbocycles. The molecular formula is C16H24O3. The molecule has 4 atom stereocenters.